The minimum atomic E-state index is -7.46. The molecule has 0 amide bonds. The van der Waals surface area contributed by atoms with Gasteiger partial charge in [0.2, 0.25) is 0 Å². The molecular formula is C30H19F9O3S2. The second-order valence-corrected chi connectivity index (χ2v) is 14.1. The fourth-order valence-corrected chi connectivity index (χ4v) is 9.79. The molecule has 0 aliphatic heterocycles. The summed E-state index contributed by atoms with van der Waals surface area (Å²) in [7, 11) is -11.4. The Bertz CT molecular complexity index is 1890. The lowest BCUT2D eigenvalue weighted by Crippen LogP contribution is -2.63. The van der Waals surface area contributed by atoms with Crippen LogP contribution in [0.25, 0.3) is 21.5 Å². The van der Waals surface area contributed by atoms with E-state index in [-0.39, 0.29) is 14.7 Å². The number of benzene rings is 5. The standard InChI is InChI=1S/C30H19F9O3S2/c31-27(32,29(35,36)37)28(33,34)30(38,39)44(40,41)42-43(24-11-3-1-4-12-24,25-13-5-2-6-14-25)26-16-15-22-17-20-9-7-8-10-21(20)18-23(22)19-26/h1-19H. The molecule has 14 heteroatoms. The third kappa shape index (κ3) is 4.88. The Morgan fingerprint density at radius 2 is 0.886 bits per heavy atom. The number of rotatable bonds is 8. The van der Waals surface area contributed by atoms with Gasteiger partial charge in [-0.3, -0.25) is 0 Å². The van der Waals surface area contributed by atoms with Crippen LogP contribution in [-0.4, -0.2) is 31.7 Å². The fraction of sp³-hybridized carbons (Fsp3) is 0.133. The molecule has 0 radical (unpaired) electrons. The second kappa shape index (κ2) is 10.7. The van der Waals surface area contributed by atoms with Crippen molar-refractivity contribution >= 4 is 42.0 Å². The molecule has 0 aliphatic rings. The number of alkyl halides is 9. The van der Waals surface area contributed by atoms with E-state index in [4.69, 9.17) is 3.63 Å². The molecule has 0 spiro atoms. The molecule has 44 heavy (non-hydrogen) atoms. The minimum absolute atomic E-state index is 0.150. The van der Waals surface area contributed by atoms with E-state index in [1.54, 1.807) is 30.3 Å². The normalized spacial score (nSPS) is 14.2. The van der Waals surface area contributed by atoms with Gasteiger partial charge in [-0.25, -0.2) is 3.63 Å². The molecule has 0 aromatic heterocycles. The first-order chi connectivity index (χ1) is 20.5. The van der Waals surface area contributed by atoms with Crippen molar-refractivity contribution in [1.82, 2.24) is 0 Å². The number of hydrogen-bond acceptors (Lipinski definition) is 3. The highest BCUT2D eigenvalue weighted by Gasteiger charge is 2.86. The van der Waals surface area contributed by atoms with Gasteiger partial charge < -0.3 is 0 Å². The van der Waals surface area contributed by atoms with E-state index >= 15 is 8.78 Å². The van der Waals surface area contributed by atoms with Crippen molar-refractivity contribution in [3.8, 4) is 0 Å². The Kier molecular flexibility index (Phi) is 7.70. The molecule has 5 aromatic rings. The summed E-state index contributed by atoms with van der Waals surface area (Å²) in [6.45, 7) is 0. The lowest BCUT2D eigenvalue weighted by atomic mass is 10.0. The van der Waals surface area contributed by atoms with Gasteiger partial charge in [0.15, 0.2) is 0 Å². The zero-order valence-corrected chi connectivity index (χ0v) is 23.5. The lowest BCUT2D eigenvalue weighted by Gasteiger charge is -2.41. The van der Waals surface area contributed by atoms with E-state index in [1.807, 2.05) is 6.07 Å². The van der Waals surface area contributed by atoms with Gasteiger partial charge in [-0.15, -0.1) is 0 Å². The van der Waals surface area contributed by atoms with Crippen molar-refractivity contribution in [3.05, 3.63) is 115 Å². The first-order valence-corrected chi connectivity index (χ1v) is 15.4. The van der Waals surface area contributed by atoms with Crippen molar-refractivity contribution in [1.29, 1.82) is 0 Å². The number of hydrogen-bond donors (Lipinski definition) is 0. The Hall–Kier alpha value is -3.75. The van der Waals surface area contributed by atoms with Crippen LogP contribution >= 0.6 is 10.3 Å². The zero-order chi connectivity index (χ0) is 32.2. The van der Waals surface area contributed by atoms with E-state index < -0.39 is 43.7 Å². The molecular weight excluding hydrogens is 643 g/mol. The summed E-state index contributed by atoms with van der Waals surface area (Å²) in [4.78, 5) is -0.462. The van der Waals surface area contributed by atoms with Gasteiger partial charge >= 0.3 is 33.4 Å². The van der Waals surface area contributed by atoms with Crippen LogP contribution in [0.3, 0.4) is 0 Å². The van der Waals surface area contributed by atoms with Gasteiger partial charge in [-0.05, 0) is 80.4 Å². The van der Waals surface area contributed by atoms with Gasteiger partial charge in [0.05, 0.1) is 0 Å². The van der Waals surface area contributed by atoms with E-state index in [2.05, 4.69) is 0 Å². The average molecular weight is 663 g/mol. The van der Waals surface area contributed by atoms with Gasteiger partial charge in [-0.2, -0.15) is 47.9 Å². The summed E-state index contributed by atoms with van der Waals surface area (Å²) in [6, 6.07) is 28.1. The summed E-state index contributed by atoms with van der Waals surface area (Å²) in [5.74, 6) is -14.9. The molecule has 5 aromatic carbocycles. The molecule has 232 valence electrons. The van der Waals surface area contributed by atoms with Crippen molar-refractivity contribution in [3.63, 3.8) is 0 Å². The summed E-state index contributed by atoms with van der Waals surface area (Å²) in [6.07, 6.45) is -7.22. The first-order valence-electron chi connectivity index (χ1n) is 12.5. The monoisotopic (exact) mass is 662 g/mol. The van der Waals surface area contributed by atoms with Crippen LogP contribution in [0.15, 0.2) is 130 Å². The van der Waals surface area contributed by atoms with Crippen LogP contribution in [0, 0.1) is 0 Å². The highest BCUT2D eigenvalue weighted by Crippen LogP contribution is 2.71. The van der Waals surface area contributed by atoms with E-state index in [9.17, 15) is 39.2 Å². The summed E-state index contributed by atoms with van der Waals surface area (Å²) < 4.78 is 156. The predicted molar refractivity (Wildman–Crippen MR) is 148 cm³/mol. The van der Waals surface area contributed by atoms with E-state index in [0.717, 1.165) is 10.8 Å². The summed E-state index contributed by atoms with van der Waals surface area (Å²) in [5.41, 5.74) is 0. The molecule has 5 rings (SSSR count). The lowest BCUT2D eigenvalue weighted by molar-refractivity contribution is -0.382. The molecule has 0 saturated carbocycles. The maximum Gasteiger partial charge on any atom is 0.460 e. The smallest absolute Gasteiger partial charge is 0.202 e. The molecule has 0 N–H and O–H groups in total. The van der Waals surface area contributed by atoms with E-state index in [0.29, 0.717) is 10.8 Å². The van der Waals surface area contributed by atoms with Gasteiger partial charge in [-0.1, -0.05) is 66.7 Å². The highest BCUT2D eigenvalue weighted by molar-refractivity contribution is 8.33. The Labute approximate surface area is 246 Å². The topological polar surface area (TPSA) is 43.4 Å². The third-order valence-electron chi connectivity index (χ3n) is 6.78. The van der Waals surface area contributed by atoms with Crippen LogP contribution in [0.5, 0.6) is 0 Å². The quantitative estimate of drug-likeness (QED) is 0.123. The maximum atomic E-state index is 15.1. The number of halogens is 9. The molecule has 0 heterocycles. The highest BCUT2D eigenvalue weighted by atomic mass is 32.3. The summed E-state index contributed by atoms with van der Waals surface area (Å²) >= 11 is 0. The Morgan fingerprint density at radius 1 is 0.455 bits per heavy atom. The maximum absolute atomic E-state index is 15.1. The van der Waals surface area contributed by atoms with Crippen LogP contribution in [-0.2, 0) is 13.7 Å². The zero-order valence-electron chi connectivity index (χ0n) is 21.9. The van der Waals surface area contributed by atoms with Crippen LogP contribution in [0.4, 0.5) is 39.5 Å². The van der Waals surface area contributed by atoms with Crippen molar-refractivity contribution in [2.24, 2.45) is 0 Å². The molecule has 0 saturated heterocycles. The molecule has 0 bridgehead atoms. The molecule has 0 fully saturated rings. The molecule has 0 aliphatic carbocycles. The van der Waals surface area contributed by atoms with Crippen LogP contribution in [0.1, 0.15) is 0 Å². The average Bonchev–Trinajstić information content (AvgIpc) is 2.98. The predicted octanol–water partition coefficient (Wildman–Crippen LogP) is 9.96. The fourth-order valence-electron chi connectivity index (χ4n) is 4.54. The van der Waals surface area contributed by atoms with Gasteiger partial charge in [0.1, 0.15) is 0 Å². The number of fused-ring (bicyclic) bond motifs is 2. The third-order valence-corrected chi connectivity index (χ3v) is 12.0. The minimum Gasteiger partial charge on any atom is -0.202 e. The van der Waals surface area contributed by atoms with Crippen LogP contribution in [0.2, 0.25) is 0 Å². The van der Waals surface area contributed by atoms with Gasteiger partial charge in [0, 0.05) is 14.7 Å². The van der Waals surface area contributed by atoms with Crippen LogP contribution < -0.4 is 0 Å². The Morgan fingerprint density at radius 3 is 1.36 bits per heavy atom. The van der Waals surface area contributed by atoms with E-state index in [1.165, 1.54) is 78.9 Å². The van der Waals surface area contributed by atoms with Gasteiger partial charge in [0.25, 0.3) is 0 Å². The molecule has 0 atom stereocenters. The summed E-state index contributed by atoms with van der Waals surface area (Å²) in [5, 5.41) is -4.46. The van der Waals surface area contributed by atoms with Crippen molar-refractivity contribution < 1.29 is 51.6 Å². The first kappa shape index (κ1) is 31.7. The molecule has 3 nitrogen and oxygen atoms in total. The molecule has 0 unspecified atom stereocenters. The SMILES string of the molecule is O=S(=O)(OS(c1ccccc1)(c1ccccc1)c1ccc2cc3ccccc3cc2c1)C(F)(F)C(F)(F)C(F)(F)C(F)(F)F. The van der Waals surface area contributed by atoms with Crippen molar-refractivity contribution in [2.45, 2.75) is 38.0 Å². The van der Waals surface area contributed by atoms with Crippen molar-refractivity contribution in [2.75, 3.05) is 0 Å². The second-order valence-electron chi connectivity index (χ2n) is 9.58. The largest absolute Gasteiger partial charge is 0.460 e. The Balaban J connectivity index is 1.81.